The Hall–Kier alpha value is -2.99. The molecule has 0 aliphatic heterocycles. The maximum Gasteiger partial charge on any atom is 0.244 e. The van der Waals surface area contributed by atoms with E-state index in [0.717, 1.165) is 19.7 Å². The molecule has 0 unspecified atom stereocenters. The highest BCUT2D eigenvalue weighted by atomic mass is 127. The molecule has 0 bridgehead atoms. The smallest absolute Gasteiger partial charge is 0.244 e. The molecule has 7 nitrogen and oxygen atoms in total. The van der Waals surface area contributed by atoms with E-state index in [2.05, 4.69) is 27.9 Å². The Bertz CT molecular complexity index is 1370. The fourth-order valence-corrected chi connectivity index (χ4v) is 5.24. The standard InChI is InChI=1S/C29H33FIN3O4S/c1-4-21(2)32-29(36)27(18-22-10-6-5-7-11-22)33(19-23-12-8-9-13-26(23)30)28(35)20-34(39(3,37)38)25-16-14-24(31)15-17-25/h5-17,21,27H,4,18-20H2,1-3H3,(H,32,36)/t21-,27-/m1/s1. The molecule has 0 heterocycles. The van der Waals surface area contributed by atoms with E-state index >= 15 is 0 Å². The molecule has 0 saturated heterocycles. The molecule has 3 aromatic carbocycles. The topological polar surface area (TPSA) is 86.8 Å². The third-order valence-corrected chi connectivity index (χ3v) is 8.22. The summed E-state index contributed by atoms with van der Waals surface area (Å²) in [6.45, 7) is 3.05. The first-order valence-corrected chi connectivity index (χ1v) is 15.5. The summed E-state index contributed by atoms with van der Waals surface area (Å²) in [5.74, 6) is -1.53. The van der Waals surface area contributed by atoms with Gasteiger partial charge in [-0.15, -0.1) is 0 Å². The lowest BCUT2D eigenvalue weighted by Crippen LogP contribution is -2.54. The molecule has 0 aliphatic carbocycles. The van der Waals surface area contributed by atoms with Crippen LogP contribution in [0.5, 0.6) is 0 Å². The van der Waals surface area contributed by atoms with Crippen molar-refractivity contribution < 1.29 is 22.4 Å². The largest absolute Gasteiger partial charge is 0.352 e. The summed E-state index contributed by atoms with van der Waals surface area (Å²) in [5, 5.41) is 2.95. The molecule has 1 N–H and O–H groups in total. The van der Waals surface area contributed by atoms with E-state index in [4.69, 9.17) is 0 Å². The van der Waals surface area contributed by atoms with Crippen molar-refractivity contribution in [1.82, 2.24) is 10.2 Å². The van der Waals surface area contributed by atoms with E-state index in [0.29, 0.717) is 12.1 Å². The average Bonchev–Trinajstić information content (AvgIpc) is 2.90. The summed E-state index contributed by atoms with van der Waals surface area (Å²) in [6, 6.07) is 20.8. The molecule has 2 atom stereocenters. The van der Waals surface area contributed by atoms with Crippen LogP contribution in [0.2, 0.25) is 0 Å². The second-order valence-electron chi connectivity index (χ2n) is 9.38. The van der Waals surface area contributed by atoms with Gasteiger partial charge in [-0.2, -0.15) is 0 Å². The number of anilines is 1. The second kappa shape index (κ2) is 13.9. The molecule has 3 rings (SSSR count). The van der Waals surface area contributed by atoms with Crippen LogP contribution >= 0.6 is 22.6 Å². The van der Waals surface area contributed by atoms with Gasteiger partial charge >= 0.3 is 0 Å². The lowest BCUT2D eigenvalue weighted by Gasteiger charge is -2.34. The molecular weight excluding hydrogens is 632 g/mol. The predicted molar refractivity (Wildman–Crippen MR) is 160 cm³/mol. The van der Waals surface area contributed by atoms with Gasteiger partial charge in [-0.1, -0.05) is 55.5 Å². The molecule has 208 valence electrons. The molecule has 10 heteroatoms. The number of sulfonamides is 1. The lowest BCUT2D eigenvalue weighted by atomic mass is 10.0. The summed E-state index contributed by atoms with van der Waals surface area (Å²) >= 11 is 2.11. The third-order valence-electron chi connectivity index (χ3n) is 6.36. The van der Waals surface area contributed by atoms with E-state index in [1.165, 1.54) is 11.0 Å². The monoisotopic (exact) mass is 665 g/mol. The molecule has 0 aromatic heterocycles. The van der Waals surface area contributed by atoms with Gasteiger partial charge in [0.15, 0.2) is 0 Å². The number of nitrogens with one attached hydrogen (secondary N) is 1. The van der Waals surface area contributed by atoms with Gasteiger partial charge in [-0.3, -0.25) is 13.9 Å². The number of hydrogen-bond donors (Lipinski definition) is 1. The van der Waals surface area contributed by atoms with Gasteiger partial charge in [0.05, 0.1) is 11.9 Å². The number of nitrogens with zero attached hydrogens (tertiary/aromatic N) is 2. The van der Waals surface area contributed by atoms with Crippen LogP contribution in [0.25, 0.3) is 0 Å². The number of amides is 2. The van der Waals surface area contributed by atoms with Gasteiger partial charge < -0.3 is 10.2 Å². The third kappa shape index (κ3) is 8.76. The minimum absolute atomic E-state index is 0.152. The Labute approximate surface area is 243 Å². The molecule has 0 fully saturated rings. The highest BCUT2D eigenvalue weighted by Crippen LogP contribution is 2.22. The van der Waals surface area contributed by atoms with Gasteiger partial charge in [-0.05, 0) is 71.8 Å². The van der Waals surface area contributed by atoms with Gasteiger partial charge in [-0.25, -0.2) is 12.8 Å². The Balaban J connectivity index is 2.06. The SMILES string of the molecule is CC[C@@H](C)NC(=O)[C@@H](Cc1ccccc1)N(Cc1ccccc1F)C(=O)CN(c1ccc(I)cc1)S(C)(=O)=O. The van der Waals surface area contributed by atoms with Crippen LogP contribution in [0.1, 0.15) is 31.4 Å². The Morgan fingerprint density at radius 3 is 2.18 bits per heavy atom. The molecule has 0 radical (unpaired) electrons. The van der Waals surface area contributed by atoms with Crippen molar-refractivity contribution in [2.45, 2.75) is 45.3 Å². The Morgan fingerprint density at radius 1 is 0.974 bits per heavy atom. The van der Waals surface area contributed by atoms with E-state index in [1.54, 1.807) is 42.5 Å². The highest BCUT2D eigenvalue weighted by molar-refractivity contribution is 14.1. The van der Waals surface area contributed by atoms with Crippen molar-refractivity contribution in [3.05, 3.63) is 99.4 Å². The second-order valence-corrected chi connectivity index (χ2v) is 12.5. The zero-order chi connectivity index (χ0) is 28.6. The molecular formula is C29H33FIN3O4S. The van der Waals surface area contributed by atoms with Crippen LogP contribution in [0.15, 0.2) is 78.9 Å². The number of carbonyl (C=O) groups is 2. The quantitative estimate of drug-likeness (QED) is 0.283. The Kier molecular flexibility index (Phi) is 10.9. The maximum atomic E-state index is 14.8. The number of hydrogen-bond acceptors (Lipinski definition) is 4. The van der Waals surface area contributed by atoms with Crippen molar-refractivity contribution >= 4 is 50.1 Å². The van der Waals surface area contributed by atoms with Crippen molar-refractivity contribution in [3.63, 3.8) is 0 Å². The first-order valence-electron chi connectivity index (χ1n) is 12.6. The van der Waals surface area contributed by atoms with E-state index in [9.17, 15) is 22.4 Å². The molecule has 39 heavy (non-hydrogen) atoms. The predicted octanol–water partition coefficient (Wildman–Crippen LogP) is 4.75. The van der Waals surface area contributed by atoms with Crippen LogP contribution in [-0.2, 0) is 32.6 Å². The first kappa shape index (κ1) is 30.6. The molecule has 3 aromatic rings. The number of carbonyl (C=O) groups excluding carboxylic acids is 2. The number of halogens is 2. The average molecular weight is 666 g/mol. The Morgan fingerprint density at radius 2 is 1.59 bits per heavy atom. The summed E-state index contributed by atoms with van der Waals surface area (Å²) in [7, 11) is -3.86. The van der Waals surface area contributed by atoms with E-state index < -0.39 is 40.2 Å². The molecule has 2 amide bonds. The fraction of sp³-hybridized carbons (Fsp3) is 0.310. The van der Waals surface area contributed by atoms with Crippen molar-refractivity contribution in [1.29, 1.82) is 0 Å². The van der Waals surface area contributed by atoms with Crippen molar-refractivity contribution in [3.8, 4) is 0 Å². The van der Waals surface area contributed by atoms with Crippen LogP contribution in [0.3, 0.4) is 0 Å². The number of benzene rings is 3. The van der Waals surface area contributed by atoms with Crippen LogP contribution in [-0.4, -0.2) is 50.0 Å². The zero-order valence-electron chi connectivity index (χ0n) is 22.2. The van der Waals surface area contributed by atoms with E-state index in [-0.39, 0.29) is 24.6 Å². The summed E-state index contributed by atoms with van der Waals surface area (Å²) in [6.07, 6.45) is 1.88. The van der Waals surface area contributed by atoms with Crippen molar-refractivity contribution in [2.75, 3.05) is 17.1 Å². The van der Waals surface area contributed by atoms with Gasteiger partial charge in [0.25, 0.3) is 0 Å². The van der Waals surface area contributed by atoms with E-state index in [1.807, 2.05) is 44.2 Å². The van der Waals surface area contributed by atoms with Gasteiger partial charge in [0.2, 0.25) is 21.8 Å². The minimum atomic E-state index is -3.86. The normalized spacial score (nSPS) is 12.8. The summed E-state index contributed by atoms with van der Waals surface area (Å²) in [4.78, 5) is 28.8. The van der Waals surface area contributed by atoms with Crippen molar-refractivity contribution in [2.24, 2.45) is 0 Å². The first-order chi connectivity index (χ1) is 18.5. The lowest BCUT2D eigenvalue weighted by molar-refractivity contribution is -0.140. The summed E-state index contributed by atoms with van der Waals surface area (Å²) in [5.41, 5.74) is 1.35. The van der Waals surface area contributed by atoms with Crippen LogP contribution in [0, 0.1) is 9.39 Å². The van der Waals surface area contributed by atoms with Crippen LogP contribution < -0.4 is 9.62 Å². The maximum absolute atomic E-state index is 14.8. The van der Waals surface area contributed by atoms with Crippen LogP contribution in [0.4, 0.5) is 10.1 Å². The highest BCUT2D eigenvalue weighted by Gasteiger charge is 2.33. The van der Waals surface area contributed by atoms with Gasteiger partial charge in [0, 0.05) is 28.1 Å². The molecule has 0 aliphatic rings. The fourth-order valence-electron chi connectivity index (χ4n) is 4.03. The minimum Gasteiger partial charge on any atom is -0.352 e. The van der Waals surface area contributed by atoms with Gasteiger partial charge in [0.1, 0.15) is 18.4 Å². The molecule has 0 spiro atoms. The number of rotatable bonds is 12. The molecule has 0 saturated carbocycles. The zero-order valence-corrected chi connectivity index (χ0v) is 25.2. The summed E-state index contributed by atoms with van der Waals surface area (Å²) < 4.78 is 42.2.